The van der Waals surface area contributed by atoms with Crippen LogP contribution >= 0.6 is 0 Å². The van der Waals surface area contributed by atoms with Crippen LogP contribution in [0.5, 0.6) is 11.5 Å². The van der Waals surface area contributed by atoms with Crippen LogP contribution in [-0.4, -0.2) is 42.6 Å². The zero-order chi connectivity index (χ0) is 20.4. The number of ether oxygens (including phenoxy) is 2. The molecule has 0 saturated heterocycles. The molecule has 0 fully saturated rings. The lowest BCUT2D eigenvalue weighted by molar-refractivity contribution is -0.138. The zero-order valence-electron chi connectivity index (χ0n) is 16.0. The van der Waals surface area contributed by atoms with E-state index >= 15 is 0 Å². The summed E-state index contributed by atoms with van der Waals surface area (Å²) in [5, 5.41) is 9.42. The smallest absolute Gasteiger partial charge is 0.305 e. The van der Waals surface area contributed by atoms with Crippen LogP contribution in [0.2, 0.25) is 0 Å². The fraction of sp³-hybridized carbons (Fsp3) is 0.333. The fourth-order valence-corrected chi connectivity index (χ4v) is 3.55. The second kappa shape index (κ2) is 7.88. The number of hydrogen-bond acceptors (Lipinski definition) is 4. The maximum atomic E-state index is 13.9. The third-order valence-corrected chi connectivity index (χ3v) is 5.05. The van der Waals surface area contributed by atoms with Crippen LogP contribution in [-0.2, 0) is 11.2 Å². The minimum Gasteiger partial charge on any atom is -0.493 e. The van der Waals surface area contributed by atoms with Gasteiger partial charge in [0.15, 0.2) is 11.5 Å². The Balaban J connectivity index is 2.04. The predicted molar refractivity (Wildman–Crippen MR) is 100 cm³/mol. The number of halogens is 1. The number of amides is 1. The van der Waals surface area contributed by atoms with Crippen LogP contribution in [0.15, 0.2) is 30.3 Å². The molecule has 1 heterocycles. The van der Waals surface area contributed by atoms with Crippen molar-refractivity contribution in [1.29, 1.82) is 0 Å². The van der Waals surface area contributed by atoms with Gasteiger partial charge < -0.3 is 19.5 Å². The van der Waals surface area contributed by atoms with Crippen molar-refractivity contribution < 1.29 is 28.6 Å². The highest BCUT2D eigenvalue weighted by Crippen LogP contribution is 2.40. The standard InChI is InChI=1S/C21H22FNO5/c1-12-4-5-14(8-16(12)22)21(26)23-7-6-13-9-18(27-2)19(28-3)10-15(13)17(23)11-20(24)25/h4-5,8-10,17H,6-7,11H2,1-3H3,(H,24,25). The minimum absolute atomic E-state index is 0.197. The van der Waals surface area contributed by atoms with Gasteiger partial charge in [0.25, 0.3) is 5.91 Å². The average molecular weight is 387 g/mol. The van der Waals surface area contributed by atoms with Crippen LogP contribution in [0.3, 0.4) is 0 Å². The summed E-state index contributed by atoms with van der Waals surface area (Å²) < 4.78 is 24.6. The first-order chi connectivity index (χ1) is 13.3. The molecule has 7 heteroatoms. The molecule has 0 spiro atoms. The van der Waals surface area contributed by atoms with E-state index in [1.807, 2.05) is 6.07 Å². The molecule has 148 valence electrons. The first-order valence-electron chi connectivity index (χ1n) is 8.89. The summed E-state index contributed by atoms with van der Waals surface area (Å²) in [6, 6.07) is 7.15. The third-order valence-electron chi connectivity index (χ3n) is 5.05. The van der Waals surface area contributed by atoms with E-state index in [4.69, 9.17) is 9.47 Å². The molecule has 1 atom stereocenters. The predicted octanol–water partition coefficient (Wildman–Crippen LogP) is 3.37. The van der Waals surface area contributed by atoms with Gasteiger partial charge in [-0.15, -0.1) is 0 Å². The van der Waals surface area contributed by atoms with Gasteiger partial charge in [0.1, 0.15) is 5.82 Å². The van der Waals surface area contributed by atoms with Gasteiger partial charge in [-0.3, -0.25) is 9.59 Å². The first kappa shape index (κ1) is 19.7. The van der Waals surface area contributed by atoms with Crippen LogP contribution in [0, 0.1) is 12.7 Å². The van der Waals surface area contributed by atoms with Gasteiger partial charge in [0.2, 0.25) is 0 Å². The van der Waals surface area contributed by atoms with Crippen LogP contribution < -0.4 is 9.47 Å². The highest BCUT2D eigenvalue weighted by atomic mass is 19.1. The molecule has 6 nitrogen and oxygen atoms in total. The van der Waals surface area contributed by atoms with Gasteiger partial charge in [-0.05, 0) is 54.3 Å². The van der Waals surface area contributed by atoms with Crippen molar-refractivity contribution in [2.24, 2.45) is 0 Å². The van der Waals surface area contributed by atoms with Gasteiger partial charge in [0, 0.05) is 12.1 Å². The number of fused-ring (bicyclic) bond motifs is 1. The normalized spacial score (nSPS) is 15.7. The Hall–Kier alpha value is -3.09. The molecule has 0 saturated carbocycles. The molecular weight excluding hydrogens is 365 g/mol. The molecule has 2 aromatic carbocycles. The number of carboxylic acid groups (broad SMARTS) is 1. The molecule has 28 heavy (non-hydrogen) atoms. The quantitative estimate of drug-likeness (QED) is 0.851. The number of nitrogens with zero attached hydrogens (tertiary/aromatic N) is 1. The van der Waals surface area contributed by atoms with Gasteiger partial charge in [-0.2, -0.15) is 0 Å². The molecule has 1 aliphatic heterocycles. The number of benzene rings is 2. The van der Waals surface area contributed by atoms with Crippen molar-refractivity contribution in [3.63, 3.8) is 0 Å². The lowest BCUT2D eigenvalue weighted by Crippen LogP contribution is -2.41. The van der Waals surface area contributed by atoms with E-state index in [0.717, 1.165) is 5.56 Å². The number of aryl methyl sites for hydroxylation is 1. The van der Waals surface area contributed by atoms with Crippen molar-refractivity contribution in [2.45, 2.75) is 25.8 Å². The topological polar surface area (TPSA) is 76.1 Å². The summed E-state index contributed by atoms with van der Waals surface area (Å²) in [6.07, 6.45) is 0.272. The zero-order valence-corrected chi connectivity index (χ0v) is 16.0. The summed E-state index contributed by atoms with van der Waals surface area (Å²) in [5.41, 5.74) is 2.25. The maximum absolute atomic E-state index is 13.9. The summed E-state index contributed by atoms with van der Waals surface area (Å²) in [5.74, 6) is -0.876. The maximum Gasteiger partial charge on any atom is 0.305 e. The molecule has 0 bridgehead atoms. The lowest BCUT2D eigenvalue weighted by Gasteiger charge is -2.37. The van der Waals surface area contributed by atoms with Crippen molar-refractivity contribution in [3.8, 4) is 11.5 Å². The Morgan fingerprint density at radius 3 is 2.46 bits per heavy atom. The Kier molecular flexibility index (Phi) is 5.53. The van der Waals surface area contributed by atoms with E-state index < -0.39 is 23.7 Å². The van der Waals surface area contributed by atoms with Crippen molar-refractivity contribution in [3.05, 3.63) is 58.4 Å². The van der Waals surface area contributed by atoms with Gasteiger partial charge in [-0.25, -0.2) is 4.39 Å². The molecule has 3 rings (SSSR count). The summed E-state index contributed by atoms with van der Waals surface area (Å²) >= 11 is 0. The third kappa shape index (κ3) is 3.65. The Labute approximate surface area is 162 Å². The number of aliphatic carboxylic acids is 1. The summed E-state index contributed by atoms with van der Waals surface area (Å²) in [6.45, 7) is 1.95. The minimum atomic E-state index is -1.03. The van der Waals surface area contributed by atoms with E-state index in [1.54, 1.807) is 25.1 Å². The summed E-state index contributed by atoms with van der Waals surface area (Å²) in [7, 11) is 3.03. The second-order valence-electron chi connectivity index (χ2n) is 6.73. The van der Waals surface area contributed by atoms with Crippen LogP contribution in [0.1, 0.15) is 39.5 Å². The molecule has 0 aliphatic carbocycles. The Morgan fingerprint density at radius 2 is 1.86 bits per heavy atom. The molecule has 1 amide bonds. The second-order valence-corrected chi connectivity index (χ2v) is 6.73. The first-order valence-corrected chi connectivity index (χ1v) is 8.89. The van der Waals surface area contributed by atoms with Gasteiger partial charge >= 0.3 is 5.97 Å². The van der Waals surface area contributed by atoms with Crippen molar-refractivity contribution >= 4 is 11.9 Å². The van der Waals surface area contributed by atoms with Crippen LogP contribution in [0.4, 0.5) is 4.39 Å². The van der Waals surface area contributed by atoms with E-state index in [0.29, 0.717) is 35.6 Å². The SMILES string of the molecule is COc1cc2c(cc1OC)C(CC(=O)O)N(C(=O)c1ccc(C)c(F)c1)CC2. The molecule has 1 aliphatic rings. The summed E-state index contributed by atoms with van der Waals surface area (Å²) in [4.78, 5) is 26.0. The van der Waals surface area contributed by atoms with Crippen molar-refractivity contribution in [2.75, 3.05) is 20.8 Å². The number of carbonyl (C=O) groups excluding carboxylic acids is 1. The molecule has 1 N–H and O–H groups in total. The number of methoxy groups -OCH3 is 2. The van der Waals surface area contributed by atoms with Gasteiger partial charge in [0.05, 0.1) is 26.7 Å². The lowest BCUT2D eigenvalue weighted by atomic mass is 9.89. The van der Waals surface area contributed by atoms with Crippen LogP contribution in [0.25, 0.3) is 0 Å². The highest BCUT2D eigenvalue weighted by Gasteiger charge is 2.34. The largest absolute Gasteiger partial charge is 0.493 e. The number of carboxylic acids is 1. The molecular formula is C21H22FNO5. The molecule has 0 radical (unpaired) electrons. The van der Waals surface area contributed by atoms with E-state index in [2.05, 4.69) is 0 Å². The highest BCUT2D eigenvalue weighted by molar-refractivity contribution is 5.95. The molecule has 1 unspecified atom stereocenters. The number of hydrogen-bond donors (Lipinski definition) is 1. The Morgan fingerprint density at radius 1 is 1.18 bits per heavy atom. The van der Waals surface area contributed by atoms with E-state index in [1.165, 1.54) is 25.2 Å². The van der Waals surface area contributed by atoms with E-state index in [9.17, 15) is 19.1 Å². The van der Waals surface area contributed by atoms with E-state index in [-0.39, 0.29) is 12.0 Å². The molecule has 0 aromatic heterocycles. The number of rotatable bonds is 5. The monoisotopic (exact) mass is 387 g/mol. The average Bonchev–Trinajstić information content (AvgIpc) is 2.68. The van der Waals surface area contributed by atoms with Gasteiger partial charge in [-0.1, -0.05) is 6.07 Å². The molecule has 2 aromatic rings. The Bertz CT molecular complexity index is 927. The van der Waals surface area contributed by atoms with Crippen molar-refractivity contribution in [1.82, 2.24) is 4.90 Å². The number of carbonyl (C=O) groups is 2. The fourth-order valence-electron chi connectivity index (χ4n) is 3.55.